The van der Waals surface area contributed by atoms with Crippen molar-refractivity contribution in [3.8, 4) is 11.5 Å². The molecule has 20 heavy (non-hydrogen) atoms. The van der Waals surface area contributed by atoms with Crippen LogP contribution in [0.2, 0.25) is 0 Å². The number of nitrogens with one attached hydrogen (secondary N) is 1. The smallest absolute Gasteiger partial charge is 0.250 e. The number of hydrogen-bond acceptors (Lipinski definition) is 5. The van der Waals surface area contributed by atoms with E-state index in [0.717, 1.165) is 16.2 Å². The molecule has 1 aliphatic rings. The summed E-state index contributed by atoms with van der Waals surface area (Å²) in [6, 6.07) is 5.52. The van der Waals surface area contributed by atoms with Gasteiger partial charge in [0.05, 0.1) is 0 Å². The van der Waals surface area contributed by atoms with Gasteiger partial charge in [0.2, 0.25) is 12.7 Å². The first-order valence-electron chi connectivity index (χ1n) is 6.02. The van der Waals surface area contributed by atoms with Gasteiger partial charge in [-0.2, -0.15) is 0 Å². The molecule has 0 bridgehead atoms. The molecule has 3 rings (SSSR count). The lowest BCUT2D eigenvalue weighted by Crippen LogP contribution is -2.06. The molecule has 1 N–H and O–H groups in total. The molecule has 0 unspecified atom stereocenters. The Morgan fingerprint density at radius 1 is 1.40 bits per heavy atom. The number of ether oxygens (including phenoxy) is 2. The van der Waals surface area contributed by atoms with E-state index in [-0.39, 0.29) is 12.7 Å². The minimum absolute atomic E-state index is 0.211. The van der Waals surface area contributed by atoms with Gasteiger partial charge in [-0.15, -0.1) is 11.3 Å². The van der Waals surface area contributed by atoms with Crippen LogP contribution >= 0.6 is 11.3 Å². The second-order valence-electron chi connectivity index (χ2n) is 4.21. The van der Waals surface area contributed by atoms with Crippen molar-refractivity contribution in [2.75, 3.05) is 12.1 Å². The summed E-state index contributed by atoms with van der Waals surface area (Å²) in [4.78, 5) is 16.9. The highest BCUT2D eigenvalue weighted by Gasteiger charge is 2.12. The Morgan fingerprint density at radius 3 is 3.05 bits per heavy atom. The van der Waals surface area contributed by atoms with Gasteiger partial charge in [0.25, 0.3) is 0 Å². The SMILES string of the molecule is Cc1cnc(NC(=O)C=Cc2ccc3c(c2)OCO3)s1. The van der Waals surface area contributed by atoms with Crippen molar-refractivity contribution in [1.82, 2.24) is 4.98 Å². The Labute approximate surface area is 119 Å². The number of rotatable bonds is 3. The normalized spacial score (nSPS) is 12.8. The molecule has 0 fully saturated rings. The van der Waals surface area contributed by atoms with Crippen molar-refractivity contribution in [1.29, 1.82) is 0 Å². The molecule has 0 aliphatic carbocycles. The molecule has 1 aliphatic heterocycles. The molecule has 1 aromatic heterocycles. The summed E-state index contributed by atoms with van der Waals surface area (Å²) >= 11 is 1.44. The van der Waals surface area contributed by atoms with Crippen molar-refractivity contribution in [3.63, 3.8) is 0 Å². The molecule has 0 saturated heterocycles. The van der Waals surface area contributed by atoms with Crippen LogP contribution < -0.4 is 14.8 Å². The molecule has 5 nitrogen and oxygen atoms in total. The first-order valence-corrected chi connectivity index (χ1v) is 6.83. The van der Waals surface area contributed by atoms with Crippen LogP contribution in [0.5, 0.6) is 11.5 Å². The highest BCUT2D eigenvalue weighted by atomic mass is 32.1. The van der Waals surface area contributed by atoms with E-state index in [1.807, 2.05) is 25.1 Å². The number of nitrogens with zero attached hydrogens (tertiary/aromatic N) is 1. The fourth-order valence-electron chi connectivity index (χ4n) is 1.75. The summed E-state index contributed by atoms with van der Waals surface area (Å²) in [7, 11) is 0. The Bertz CT molecular complexity index is 679. The van der Waals surface area contributed by atoms with Crippen LogP contribution in [0.1, 0.15) is 10.4 Å². The van der Waals surface area contributed by atoms with E-state index < -0.39 is 0 Å². The van der Waals surface area contributed by atoms with Crippen LogP contribution in [0.3, 0.4) is 0 Å². The van der Waals surface area contributed by atoms with Gasteiger partial charge < -0.3 is 9.47 Å². The van der Waals surface area contributed by atoms with Gasteiger partial charge in [-0.05, 0) is 30.7 Å². The summed E-state index contributed by atoms with van der Waals surface area (Å²) in [6.07, 6.45) is 4.91. The lowest BCUT2D eigenvalue weighted by atomic mass is 10.2. The zero-order chi connectivity index (χ0) is 13.9. The van der Waals surface area contributed by atoms with E-state index in [9.17, 15) is 4.79 Å². The number of amides is 1. The lowest BCUT2D eigenvalue weighted by Gasteiger charge is -1.98. The standard InChI is InChI=1S/C14H12N2O3S/c1-9-7-15-14(20-9)16-13(17)5-3-10-2-4-11-12(6-10)19-8-18-11/h2-7H,8H2,1H3,(H,15,16,17). The average Bonchev–Trinajstić information content (AvgIpc) is 3.04. The highest BCUT2D eigenvalue weighted by molar-refractivity contribution is 7.15. The predicted molar refractivity (Wildman–Crippen MR) is 77.1 cm³/mol. The maximum atomic E-state index is 11.7. The molecule has 0 spiro atoms. The number of aromatic nitrogens is 1. The summed E-state index contributed by atoms with van der Waals surface area (Å²) in [5.41, 5.74) is 0.875. The van der Waals surface area contributed by atoms with Crippen molar-refractivity contribution in [2.24, 2.45) is 0 Å². The number of fused-ring (bicyclic) bond motifs is 1. The van der Waals surface area contributed by atoms with Gasteiger partial charge in [0.15, 0.2) is 16.6 Å². The van der Waals surface area contributed by atoms with E-state index >= 15 is 0 Å². The number of aryl methyl sites for hydroxylation is 1. The van der Waals surface area contributed by atoms with Gasteiger partial charge in [-0.3, -0.25) is 10.1 Å². The summed E-state index contributed by atoms with van der Waals surface area (Å²) < 4.78 is 10.5. The molecule has 1 amide bonds. The van der Waals surface area contributed by atoms with Crippen LogP contribution in [0.15, 0.2) is 30.5 Å². The van der Waals surface area contributed by atoms with Crippen LogP contribution in [0.25, 0.3) is 6.08 Å². The van der Waals surface area contributed by atoms with E-state index in [2.05, 4.69) is 10.3 Å². The average molecular weight is 288 g/mol. The second kappa shape index (κ2) is 5.34. The van der Waals surface area contributed by atoms with Gasteiger partial charge in [0.1, 0.15) is 0 Å². The summed E-state index contributed by atoms with van der Waals surface area (Å²) in [5.74, 6) is 1.21. The fraction of sp³-hybridized carbons (Fsp3) is 0.143. The van der Waals surface area contributed by atoms with Crippen molar-refractivity contribution >= 4 is 28.5 Å². The van der Waals surface area contributed by atoms with Crippen molar-refractivity contribution < 1.29 is 14.3 Å². The number of anilines is 1. The maximum absolute atomic E-state index is 11.7. The zero-order valence-electron chi connectivity index (χ0n) is 10.8. The Kier molecular flexibility index (Phi) is 3.39. The summed E-state index contributed by atoms with van der Waals surface area (Å²) in [6.45, 7) is 2.18. The van der Waals surface area contributed by atoms with Crippen molar-refractivity contribution in [2.45, 2.75) is 6.92 Å². The third kappa shape index (κ3) is 2.80. The van der Waals surface area contributed by atoms with Crippen LogP contribution in [-0.2, 0) is 4.79 Å². The molecule has 2 aromatic rings. The highest BCUT2D eigenvalue weighted by Crippen LogP contribution is 2.32. The first-order chi connectivity index (χ1) is 9.70. The Hall–Kier alpha value is -2.34. The molecule has 0 saturated carbocycles. The van der Waals surface area contributed by atoms with Gasteiger partial charge in [0, 0.05) is 17.2 Å². The topological polar surface area (TPSA) is 60.5 Å². The second-order valence-corrected chi connectivity index (χ2v) is 5.45. The maximum Gasteiger partial charge on any atom is 0.250 e. The molecular formula is C14H12N2O3S. The van der Waals surface area contributed by atoms with Crippen LogP contribution in [-0.4, -0.2) is 17.7 Å². The van der Waals surface area contributed by atoms with E-state index in [4.69, 9.17) is 9.47 Å². The van der Waals surface area contributed by atoms with Crippen molar-refractivity contribution in [3.05, 3.63) is 40.9 Å². The molecule has 0 atom stereocenters. The predicted octanol–water partition coefficient (Wildman–Crippen LogP) is 2.83. The quantitative estimate of drug-likeness (QED) is 0.882. The molecule has 1 aromatic carbocycles. The van der Waals surface area contributed by atoms with Gasteiger partial charge >= 0.3 is 0 Å². The third-order valence-corrected chi connectivity index (χ3v) is 3.50. The van der Waals surface area contributed by atoms with Gasteiger partial charge in [-0.25, -0.2) is 4.98 Å². The molecule has 6 heteroatoms. The third-order valence-electron chi connectivity index (χ3n) is 2.68. The number of carbonyl (C=O) groups excluding carboxylic acids is 1. The minimum Gasteiger partial charge on any atom is -0.454 e. The van der Waals surface area contributed by atoms with Crippen LogP contribution in [0, 0.1) is 6.92 Å². The van der Waals surface area contributed by atoms with Crippen LogP contribution in [0.4, 0.5) is 5.13 Å². The molecule has 0 radical (unpaired) electrons. The largest absolute Gasteiger partial charge is 0.454 e. The van der Waals surface area contributed by atoms with E-state index in [0.29, 0.717) is 10.9 Å². The fourth-order valence-corrected chi connectivity index (χ4v) is 2.42. The van der Waals surface area contributed by atoms with Gasteiger partial charge in [-0.1, -0.05) is 6.07 Å². The first kappa shape index (κ1) is 12.7. The Balaban J connectivity index is 1.66. The lowest BCUT2D eigenvalue weighted by molar-refractivity contribution is -0.111. The monoisotopic (exact) mass is 288 g/mol. The van der Waals surface area contributed by atoms with E-state index in [1.165, 1.54) is 17.4 Å². The van der Waals surface area contributed by atoms with E-state index in [1.54, 1.807) is 12.3 Å². The molecular weight excluding hydrogens is 276 g/mol. The number of benzene rings is 1. The Morgan fingerprint density at radius 2 is 2.25 bits per heavy atom. The summed E-state index contributed by atoms with van der Waals surface area (Å²) in [5, 5.41) is 3.31. The number of thiazole rings is 1. The number of carbonyl (C=O) groups is 1. The molecule has 102 valence electrons. The zero-order valence-corrected chi connectivity index (χ0v) is 11.6. The minimum atomic E-state index is -0.211. The molecule has 2 heterocycles. The number of hydrogen-bond donors (Lipinski definition) is 1.